The zero-order valence-electron chi connectivity index (χ0n) is 15.5. The van der Waals surface area contributed by atoms with Crippen LogP contribution in [0.15, 0.2) is 10.3 Å². The van der Waals surface area contributed by atoms with E-state index >= 15 is 0 Å². The Bertz CT molecular complexity index is 447. The molecule has 0 amide bonds. The first-order valence-electron chi connectivity index (χ1n) is 7.87. The van der Waals surface area contributed by atoms with E-state index in [2.05, 4.69) is 71.1 Å². The summed E-state index contributed by atoms with van der Waals surface area (Å²) in [4.78, 5) is 5.90. The second-order valence-electron chi connectivity index (χ2n) is 8.07. The fraction of sp³-hybridized carbons (Fsp3) is 0.882. The number of hydrogen-bond donors (Lipinski definition) is 1. The van der Waals surface area contributed by atoms with Gasteiger partial charge in [0.15, 0.2) is 5.60 Å². The molecule has 122 valence electrons. The van der Waals surface area contributed by atoms with E-state index in [1.807, 2.05) is 13.8 Å². The normalized spacial score (nSPS) is 31.9. The van der Waals surface area contributed by atoms with Crippen molar-refractivity contribution in [3.05, 3.63) is 0 Å². The lowest BCUT2D eigenvalue weighted by Crippen LogP contribution is -2.55. The van der Waals surface area contributed by atoms with Crippen LogP contribution in [0.3, 0.4) is 0 Å². The first-order valence-corrected chi connectivity index (χ1v) is 7.87. The average Bonchev–Trinajstić information content (AvgIpc) is 2.39. The van der Waals surface area contributed by atoms with E-state index in [1.54, 1.807) is 0 Å². The lowest BCUT2D eigenvalue weighted by Gasteiger charge is -2.39. The van der Waals surface area contributed by atoms with Crippen LogP contribution in [0.4, 0.5) is 0 Å². The summed E-state index contributed by atoms with van der Waals surface area (Å²) in [7, 11) is 0. The maximum absolute atomic E-state index is 5.90. The Hall–Kier alpha value is -1.06. The predicted octanol–water partition coefficient (Wildman–Crippen LogP) is 4.21. The summed E-state index contributed by atoms with van der Waals surface area (Å²) in [5, 5.41) is 9.10. The van der Waals surface area contributed by atoms with Gasteiger partial charge in [0.2, 0.25) is 0 Å². The molecule has 0 saturated heterocycles. The minimum atomic E-state index is -0.467. The van der Waals surface area contributed by atoms with E-state index in [9.17, 15) is 0 Å². The van der Waals surface area contributed by atoms with E-state index in [0.717, 1.165) is 11.4 Å². The van der Waals surface area contributed by atoms with Gasteiger partial charge in [-0.2, -0.15) is 5.10 Å². The summed E-state index contributed by atoms with van der Waals surface area (Å²) >= 11 is 0. The minimum Gasteiger partial charge on any atom is -0.387 e. The van der Waals surface area contributed by atoms with Gasteiger partial charge in [-0.25, -0.2) is 0 Å². The maximum Gasteiger partial charge on any atom is 0.155 e. The van der Waals surface area contributed by atoms with E-state index in [4.69, 9.17) is 4.84 Å². The Balaban J connectivity index is 3.36. The Kier molecular flexibility index (Phi) is 4.81. The van der Waals surface area contributed by atoms with Gasteiger partial charge in [0, 0.05) is 11.1 Å². The predicted molar refractivity (Wildman–Crippen MR) is 90.7 cm³/mol. The summed E-state index contributed by atoms with van der Waals surface area (Å²) in [5.41, 5.74) is 4.60. The summed E-state index contributed by atoms with van der Waals surface area (Å²) in [6.07, 6.45) is 0. The molecular weight excluding hydrogens is 262 g/mol. The number of nitrogens with one attached hydrogen (secondary N) is 1. The average molecular weight is 295 g/mol. The van der Waals surface area contributed by atoms with Crippen LogP contribution in [0, 0.1) is 17.3 Å². The monoisotopic (exact) mass is 295 g/mol. The molecule has 4 nitrogen and oxygen atoms in total. The molecule has 0 aromatic heterocycles. The second kappa shape index (κ2) is 5.62. The molecule has 0 aromatic rings. The molecule has 0 bridgehead atoms. The van der Waals surface area contributed by atoms with Crippen molar-refractivity contribution >= 4 is 11.4 Å². The SMILES string of the molecule is CC1=NNC(C)(C)C(C)(C)ON=C(C)C(C)(C)[C@H](C)[C@@H]1C. The van der Waals surface area contributed by atoms with Crippen molar-refractivity contribution in [2.45, 2.75) is 80.4 Å². The number of nitrogens with zero attached hydrogens (tertiary/aromatic N) is 2. The standard InChI is InChI=1S/C17H33N3O/c1-11-12(2)15(5,6)14(4)19-21-17(9,10)16(7,8)20-18-13(11)3/h11-12,20H,1-10H3/t11-,12+/m0/s1. The third kappa shape index (κ3) is 3.41. The topological polar surface area (TPSA) is 46.0 Å². The van der Waals surface area contributed by atoms with Crippen LogP contribution in [0.1, 0.15) is 69.2 Å². The molecular formula is C17H33N3O. The van der Waals surface area contributed by atoms with Crippen molar-refractivity contribution in [1.29, 1.82) is 0 Å². The highest BCUT2D eigenvalue weighted by atomic mass is 16.7. The third-order valence-corrected chi connectivity index (χ3v) is 5.91. The van der Waals surface area contributed by atoms with Crippen molar-refractivity contribution in [3.63, 3.8) is 0 Å². The first kappa shape index (κ1) is 18.0. The van der Waals surface area contributed by atoms with Crippen molar-refractivity contribution in [1.82, 2.24) is 5.43 Å². The molecule has 0 saturated carbocycles. The van der Waals surface area contributed by atoms with Crippen molar-refractivity contribution in [3.8, 4) is 0 Å². The molecule has 4 heteroatoms. The lowest BCUT2D eigenvalue weighted by molar-refractivity contribution is -0.0732. The highest BCUT2D eigenvalue weighted by Gasteiger charge is 2.42. The molecule has 1 aliphatic heterocycles. The Morgan fingerprint density at radius 1 is 1.00 bits per heavy atom. The second-order valence-corrected chi connectivity index (χ2v) is 8.07. The van der Waals surface area contributed by atoms with Crippen LogP contribution < -0.4 is 5.43 Å². The van der Waals surface area contributed by atoms with Gasteiger partial charge in [0.25, 0.3) is 0 Å². The fourth-order valence-electron chi connectivity index (χ4n) is 2.19. The van der Waals surface area contributed by atoms with Crippen molar-refractivity contribution in [2.24, 2.45) is 27.5 Å². The fourth-order valence-corrected chi connectivity index (χ4v) is 2.19. The zero-order chi connectivity index (χ0) is 16.6. The highest BCUT2D eigenvalue weighted by molar-refractivity contribution is 5.89. The van der Waals surface area contributed by atoms with Gasteiger partial charge >= 0.3 is 0 Å². The molecule has 1 N–H and O–H groups in total. The van der Waals surface area contributed by atoms with Crippen LogP contribution >= 0.6 is 0 Å². The molecule has 0 spiro atoms. The third-order valence-electron chi connectivity index (χ3n) is 5.91. The van der Waals surface area contributed by atoms with E-state index in [1.165, 1.54) is 0 Å². The van der Waals surface area contributed by atoms with Crippen LogP contribution in [0.2, 0.25) is 0 Å². The highest BCUT2D eigenvalue weighted by Crippen LogP contribution is 2.36. The molecule has 0 fully saturated rings. The Labute approximate surface area is 130 Å². The molecule has 0 aromatic carbocycles. The van der Waals surface area contributed by atoms with Gasteiger partial charge in [0.1, 0.15) is 0 Å². The van der Waals surface area contributed by atoms with Crippen LogP contribution in [-0.2, 0) is 4.84 Å². The number of rotatable bonds is 0. The summed E-state index contributed by atoms with van der Waals surface area (Å²) < 4.78 is 0. The summed E-state index contributed by atoms with van der Waals surface area (Å²) in [6, 6.07) is 0. The summed E-state index contributed by atoms with van der Waals surface area (Å²) in [5.74, 6) is 0.786. The van der Waals surface area contributed by atoms with E-state index in [-0.39, 0.29) is 11.0 Å². The van der Waals surface area contributed by atoms with Gasteiger partial charge in [0.05, 0.1) is 11.3 Å². The van der Waals surface area contributed by atoms with Gasteiger partial charge in [-0.15, -0.1) is 0 Å². The first-order chi connectivity index (χ1) is 9.33. The van der Waals surface area contributed by atoms with Crippen LogP contribution in [-0.4, -0.2) is 22.6 Å². The van der Waals surface area contributed by atoms with Crippen LogP contribution in [0.25, 0.3) is 0 Å². The Morgan fingerprint density at radius 2 is 1.52 bits per heavy atom. The maximum atomic E-state index is 5.90. The van der Waals surface area contributed by atoms with Gasteiger partial charge in [-0.1, -0.05) is 32.9 Å². The number of hydrazone groups is 1. The van der Waals surface area contributed by atoms with Crippen LogP contribution in [0.5, 0.6) is 0 Å². The molecule has 1 rings (SSSR count). The molecule has 0 radical (unpaired) electrons. The zero-order valence-corrected chi connectivity index (χ0v) is 15.5. The Morgan fingerprint density at radius 3 is 2.05 bits per heavy atom. The summed E-state index contributed by atoms with van der Waals surface area (Å²) in [6.45, 7) is 21.4. The van der Waals surface area contributed by atoms with Crippen molar-refractivity contribution in [2.75, 3.05) is 0 Å². The van der Waals surface area contributed by atoms with E-state index < -0.39 is 5.60 Å². The molecule has 1 heterocycles. The van der Waals surface area contributed by atoms with Gasteiger partial charge in [-0.3, -0.25) is 0 Å². The number of hydrogen-bond acceptors (Lipinski definition) is 4. The van der Waals surface area contributed by atoms with Crippen molar-refractivity contribution < 1.29 is 4.84 Å². The molecule has 21 heavy (non-hydrogen) atoms. The van der Waals surface area contributed by atoms with E-state index in [0.29, 0.717) is 11.8 Å². The minimum absolute atomic E-state index is 0.0409. The van der Waals surface area contributed by atoms with Gasteiger partial charge < -0.3 is 10.3 Å². The largest absolute Gasteiger partial charge is 0.387 e. The lowest BCUT2D eigenvalue weighted by atomic mass is 9.70. The quantitative estimate of drug-likeness (QED) is 0.727. The van der Waals surface area contributed by atoms with Gasteiger partial charge in [-0.05, 0) is 53.4 Å². The smallest absolute Gasteiger partial charge is 0.155 e. The molecule has 2 atom stereocenters. The molecule has 0 unspecified atom stereocenters. The number of oxime groups is 1. The molecule has 0 aliphatic carbocycles. The molecule has 1 aliphatic rings.